The molecule has 5 heteroatoms. The summed E-state index contributed by atoms with van der Waals surface area (Å²) in [6.45, 7) is 6.43. The fraction of sp³-hybridized carbons (Fsp3) is 0.474. The van der Waals surface area contributed by atoms with E-state index < -0.39 is 0 Å². The van der Waals surface area contributed by atoms with Crippen LogP contribution >= 0.6 is 0 Å². The van der Waals surface area contributed by atoms with Crippen molar-refractivity contribution in [3.05, 3.63) is 36.0 Å². The average Bonchev–Trinajstić information content (AvgIpc) is 2.55. The molecule has 5 nitrogen and oxygen atoms in total. The van der Waals surface area contributed by atoms with Crippen LogP contribution < -0.4 is 15.1 Å². The smallest absolute Gasteiger partial charge is 0.227 e. The summed E-state index contributed by atoms with van der Waals surface area (Å²) < 4.78 is 0. The third-order valence-electron chi connectivity index (χ3n) is 4.56. The Bertz CT molecular complexity index is 673. The van der Waals surface area contributed by atoms with Gasteiger partial charge in [-0.15, -0.1) is 0 Å². The van der Waals surface area contributed by atoms with E-state index in [2.05, 4.69) is 51.3 Å². The lowest BCUT2D eigenvalue weighted by atomic mass is 10.00. The highest BCUT2D eigenvalue weighted by Gasteiger charge is 2.18. The van der Waals surface area contributed by atoms with Gasteiger partial charge in [-0.1, -0.05) is 6.92 Å². The van der Waals surface area contributed by atoms with E-state index in [4.69, 9.17) is 4.98 Å². The van der Waals surface area contributed by atoms with Crippen molar-refractivity contribution in [1.29, 1.82) is 0 Å². The molecular weight excluding hydrogens is 298 g/mol. The molecule has 0 radical (unpaired) electrons. The second kappa shape index (κ2) is 7.07. The third kappa shape index (κ3) is 3.96. The second-order valence-electron chi connectivity index (χ2n) is 6.93. The Labute approximate surface area is 144 Å². The summed E-state index contributed by atoms with van der Waals surface area (Å²) in [6, 6.07) is 10.4. The molecule has 1 aromatic heterocycles. The number of aryl methyl sites for hydroxylation is 1. The van der Waals surface area contributed by atoms with Crippen LogP contribution in [-0.2, 0) is 0 Å². The summed E-state index contributed by atoms with van der Waals surface area (Å²) in [5, 5.41) is 3.40. The summed E-state index contributed by atoms with van der Waals surface area (Å²) in [5.74, 6) is 2.50. The van der Waals surface area contributed by atoms with Gasteiger partial charge >= 0.3 is 0 Å². The third-order valence-corrected chi connectivity index (χ3v) is 4.56. The number of hydrogen-bond acceptors (Lipinski definition) is 5. The highest BCUT2D eigenvalue weighted by atomic mass is 15.3. The van der Waals surface area contributed by atoms with E-state index in [9.17, 15) is 0 Å². The van der Waals surface area contributed by atoms with E-state index in [0.717, 1.165) is 42.2 Å². The van der Waals surface area contributed by atoms with Gasteiger partial charge < -0.3 is 15.1 Å². The molecule has 2 aromatic rings. The van der Waals surface area contributed by atoms with Crippen molar-refractivity contribution in [1.82, 2.24) is 9.97 Å². The number of rotatable bonds is 4. The molecule has 0 bridgehead atoms. The van der Waals surface area contributed by atoms with Gasteiger partial charge in [0.1, 0.15) is 5.82 Å². The SMILES string of the molecule is Cc1cc(Nc2ccc(N(C)C)cc2)nc(N2CCC(C)CC2)n1. The topological polar surface area (TPSA) is 44.3 Å². The van der Waals surface area contributed by atoms with Crippen LogP contribution in [0.25, 0.3) is 0 Å². The van der Waals surface area contributed by atoms with Gasteiger partial charge in [-0.3, -0.25) is 0 Å². The van der Waals surface area contributed by atoms with E-state index in [-0.39, 0.29) is 0 Å². The lowest BCUT2D eigenvalue weighted by molar-refractivity contribution is 0.434. The summed E-state index contributed by atoms with van der Waals surface area (Å²) >= 11 is 0. The van der Waals surface area contributed by atoms with Gasteiger partial charge in [0, 0.05) is 50.3 Å². The molecule has 3 rings (SSSR count). The lowest BCUT2D eigenvalue weighted by Crippen LogP contribution is -2.34. The highest BCUT2D eigenvalue weighted by Crippen LogP contribution is 2.24. The van der Waals surface area contributed by atoms with Gasteiger partial charge in [0.25, 0.3) is 0 Å². The first kappa shape index (κ1) is 16.6. The fourth-order valence-electron chi connectivity index (χ4n) is 2.96. The molecule has 0 saturated carbocycles. The van der Waals surface area contributed by atoms with Crippen molar-refractivity contribution >= 4 is 23.1 Å². The van der Waals surface area contributed by atoms with Crippen LogP contribution in [0, 0.1) is 12.8 Å². The molecule has 0 unspecified atom stereocenters. The van der Waals surface area contributed by atoms with E-state index in [1.165, 1.54) is 18.5 Å². The van der Waals surface area contributed by atoms with E-state index in [0.29, 0.717) is 0 Å². The Hall–Kier alpha value is -2.30. The quantitative estimate of drug-likeness (QED) is 0.925. The van der Waals surface area contributed by atoms with Crippen LogP contribution in [0.3, 0.4) is 0 Å². The molecule has 1 aromatic carbocycles. The molecule has 1 fully saturated rings. The predicted molar refractivity (Wildman–Crippen MR) is 101 cm³/mol. The molecule has 0 amide bonds. The van der Waals surface area contributed by atoms with Crippen molar-refractivity contribution in [3.8, 4) is 0 Å². The first-order chi connectivity index (χ1) is 11.5. The first-order valence-electron chi connectivity index (χ1n) is 8.66. The molecule has 1 aliphatic heterocycles. The van der Waals surface area contributed by atoms with Crippen LogP contribution in [0.15, 0.2) is 30.3 Å². The minimum absolute atomic E-state index is 0.805. The molecule has 1 saturated heterocycles. The Balaban J connectivity index is 1.76. The number of aromatic nitrogens is 2. The fourth-order valence-corrected chi connectivity index (χ4v) is 2.96. The maximum absolute atomic E-state index is 4.73. The molecule has 0 spiro atoms. The largest absolute Gasteiger partial charge is 0.378 e. The zero-order valence-corrected chi connectivity index (χ0v) is 15.1. The van der Waals surface area contributed by atoms with E-state index in [1.807, 2.05) is 27.1 Å². The molecule has 1 aliphatic rings. The maximum atomic E-state index is 4.73. The number of anilines is 4. The van der Waals surface area contributed by atoms with Crippen molar-refractivity contribution in [2.45, 2.75) is 26.7 Å². The van der Waals surface area contributed by atoms with Gasteiger partial charge in [-0.2, -0.15) is 4.98 Å². The number of nitrogens with one attached hydrogen (secondary N) is 1. The average molecular weight is 325 g/mol. The van der Waals surface area contributed by atoms with Gasteiger partial charge in [-0.25, -0.2) is 4.98 Å². The van der Waals surface area contributed by atoms with E-state index >= 15 is 0 Å². The maximum Gasteiger partial charge on any atom is 0.227 e. The standard InChI is InChI=1S/C19H27N5/c1-14-9-11-24(12-10-14)19-20-15(2)13-18(22-19)21-16-5-7-17(8-6-16)23(3)4/h5-8,13-14H,9-12H2,1-4H3,(H,20,21,22). The Kier molecular flexibility index (Phi) is 4.88. The first-order valence-corrected chi connectivity index (χ1v) is 8.66. The molecule has 128 valence electrons. The zero-order valence-electron chi connectivity index (χ0n) is 15.1. The summed E-state index contributed by atoms with van der Waals surface area (Å²) in [6.07, 6.45) is 2.43. The Morgan fingerprint density at radius 2 is 1.75 bits per heavy atom. The normalized spacial score (nSPS) is 15.4. The summed E-state index contributed by atoms with van der Waals surface area (Å²) in [5.41, 5.74) is 3.21. The minimum Gasteiger partial charge on any atom is -0.378 e. The highest BCUT2D eigenvalue weighted by molar-refractivity contribution is 5.61. The molecular formula is C19H27N5. The molecule has 2 heterocycles. The lowest BCUT2D eigenvalue weighted by Gasteiger charge is -2.30. The molecule has 0 atom stereocenters. The number of piperidine rings is 1. The van der Waals surface area contributed by atoms with Crippen molar-refractivity contribution < 1.29 is 0 Å². The van der Waals surface area contributed by atoms with Crippen LogP contribution in [0.4, 0.5) is 23.1 Å². The van der Waals surface area contributed by atoms with E-state index in [1.54, 1.807) is 0 Å². The molecule has 0 aliphatic carbocycles. The number of hydrogen-bond donors (Lipinski definition) is 1. The van der Waals surface area contributed by atoms with Crippen LogP contribution in [-0.4, -0.2) is 37.2 Å². The second-order valence-corrected chi connectivity index (χ2v) is 6.93. The molecule has 24 heavy (non-hydrogen) atoms. The van der Waals surface area contributed by atoms with Crippen LogP contribution in [0.1, 0.15) is 25.5 Å². The van der Waals surface area contributed by atoms with Crippen molar-refractivity contribution in [2.75, 3.05) is 42.3 Å². The summed E-state index contributed by atoms with van der Waals surface area (Å²) in [7, 11) is 4.09. The minimum atomic E-state index is 0.805. The summed E-state index contributed by atoms with van der Waals surface area (Å²) in [4.78, 5) is 13.7. The monoisotopic (exact) mass is 325 g/mol. The van der Waals surface area contributed by atoms with Gasteiger partial charge in [0.15, 0.2) is 0 Å². The van der Waals surface area contributed by atoms with Crippen molar-refractivity contribution in [3.63, 3.8) is 0 Å². The van der Waals surface area contributed by atoms with Gasteiger partial charge in [0.2, 0.25) is 5.95 Å². The van der Waals surface area contributed by atoms with Gasteiger partial charge in [0.05, 0.1) is 0 Å². The zero-order chi connectivity index (χ0) is 17.1. The van der Waals surface area contributed by atoms with Crippen LogP contribution in [0.2, 0.25) is 0 Å². The van der Waals surface area contributed by atoms with Crippen molar-refractivity contribution in [2.24, 2.45) is 5.92 Å². The Morgan fingerprint density at radius 1 is 1.08 bits per heavy atom. The number of benzene rings is 1. The van der Waals surface area contributed by atoms with Gasteiger partial charge in [-0.05, 0) is 49.9 Å². The number of nitrogens with zero attached hydrogens (tertiary/aromatic N) is 4. The van der Waals surface area contributed by atoms with Crippen LogP contribution in [0.5, 0.6) is 0 Å². The Morgan fingerprint density at radius 3 is 2.38 bits per heavy atom. The predicted octanol–water partition coefficient (Wildman–Crippen LogP) is 3.83. The molecule has 1 N–H and O–H groups in total.